The number of hydrogen-bond acceptors (Lipinski definition) is 6. The minimum absolute atomic E-state index is 0.333. The van der Waals surface area contributed by atoms with Gasteiger partial charge in [-0.3, -0.25) is 0 Å². The maximum atomic E-state index is 12.9. The van der Waals surface area contributed by atoms with Gasteiger partial charge in [0.25, 0.3) is 0 Å². The summed E-state index contributed by atoms with van der Waals surface area (Å²) in [6.07, 6.45) is 3.75. The van der Waals surface area contributed by atoms with E-state index in [4.69, 9.17) is 14.2 Å². The molecule has 0 saturated carbocycles. The first-order chi connectivity index (χ1) is 16.8. The molecule has 0 aliphatic carbocycles. The summed E-state index contributed by atoms with van der Waals surface area (Å²) in [5.41, 5.74) is 5.14. The molecule has 2 aromatic rings. The summed E-state index contributed by atoms with van der Waals surface area (Å²) in [6, 6.07) is 10.5. The van der Waals surface area contributed by atoms with Gasteiger partial charge in [0.15, 0.2) is 11.5 Å². The maximum absolute atomic E-state index is 12.9. The lowest BCUT2D eigenvalue weighted by atomic mass is 9.86. The van der Waals surface area contributed by atoms with E-state index in [1.807, 2.05) is 39.0 Å². The van der Waals surface area contributed by atoms with E-state index in [-0.39, 0.29) is 6.09 Å². The van der Waals surface area contributed by atoms with Gasteiger partial charge in [0, 0.05) is 26.2 Å². The van der Waals surface area contributed by atoms with Gasteiger partial charge in [0.1, 0.15) is 11.7 Å². The molecule has 1 amide bonds. The lowest BCUT2D eigenvalue weighted by molar-refractivity contribution is 0.0224. The van der Waals surface area contributed by atoms with Gasteiger partial charge < -0.3 is 24.0 Å². The molecule has 0 bridgehead atoms. The zero-order valence-corrected chi connectivity index (χ0v) is 21.4. The molecule has 0 unspecified atom stereocenters. The molecule has 7 nitrogen and oxygen atoms in total. The Morgan fingerprint density at radius 1 is 0.971 bits per heavy atom. The Kier molecular flexibility index (Phi) is 7.11. The molecular formula is C28H35N3O4. The topological polar surface area (TPSA) is 75.0 Å². The number of amides is 1. The highest BCUT2D eigenvalue weighted by atomic mass is 16.6. The lowest BCUT2D eigenvalue weighted by Gasteiger charge is -2.35. The fraction of sp³-hybridized carbons (Fsp3) is 0.500. The Balaban J connectivity index is 1.85. The van der Waals surface area contributed by atoms with Crippen LogP contribution in [0.2, 0.25) is 0 Å². The molecule has 0 spiro atoms. The van der Waals surface area contributed by atoms with Crippen molar-refractivity contribution < 1.29 is 19.0 Å². The van der Waals surface area contributed by atoms with E-state index in [2.05, 4.69) is 17.0 Å². The van der Waals surface area contributed by atoms with Crippen molar-refractivity contribution >= 4 is 11.8 Å². The first-order valence-corrected chi connectivity index (χ1v) is 12.3. The highest BCUT2D eigenvalue weighted by Crippen LogP contribution is 2.41. The molecular weight excluding hydrogens is 442 g/mol. The molecule has 186 valence electrons. The summed E-state index contributed by atoms with van der Waals surface area (Å²) in [5, 5.41) is 10.2. The zero-order chi connectivity index (χ0) is 25.2. The first kappa shape index (κ1) is 24.7. The fourth-order valence-corrected chi connectivity index (χ4v) is 4.99. The summed E-state index contributed by atoms with van der Waals surface area (Å²) < 4.78 is 16.7. The van der Waals surface area contributed by atoms with E-state index < -0.39 is 5.60 Å². The Morgan fingerprint density at radius 2 is 1.69 bits per heavy atom. The van der Waals surface area contributed by atoms with Crippen molar-refractivity contribution in [1.82, 2.24) is 4.90 Å². The van der Waals surface area contributed by atoms with Gasteiger partial charge in [-0.1, -0.05) is 6.07 Å². The van der Waals surface area contributed by atoms with Gasteiger partial charge in [-0.2, -0.15) is 5.26 Å². The van der Waals surface area contributed by atoms with Crippen LogP contribution in [0, 0.1) is 11.3 Å². The molecule has 7 heteroatoms. The summed E-state index contributed by atoms with van der Waals surface area (Å²) in [6.45, 7) is 8.42. The van der Waals surface area contributed by atoms with E-state index in [0.29, 0.717) is 31.0 Å². The number of ether oxygens (including phenoxy) is 3. The Bertz CT molecular complexity index is 1140. The molecule has 0 aromatic heterocycles. The predicted octanol–water partition coefficient (Wildman–Crippen LogP) is 5.53. The minimum Gasteiger partial charge on any atom is -0.493 e. The van der Waals surface area contributed by atoms with Gasteiger partial charge in [0.2, 0.25) is 0 Å². The molecule has 2 aliphatic heterocycles. The molecule has 0 radical (unpaired) electrons. The molecule has 2 heterocycles. The van der Waals surface area contributed by atoms with Crippen LogP contribution >= 0.6 is 0 Å². The molecule has 35 heavy (non-hydrogen) atoms. The van der Waals surface area contributed by atoms with Crippen molar-refractivity contribution in [2.24, 2.45) is 0 Å². The summed E-state index contributed by atoms with van der Waals surface area (Å²) >= 11 is 0. The number of methoxy groups -OCH3 is 2. The van der Waals surface area contributed by atoms with Crippen molar-refractivity contribution in [3.63, 3.8) is 0 Å². The standard InChI is InChI=1S/C28H35N3O4/c1-28(2,3)35-27(32)31-14-11-20-22(17-29)24(30-12-7-6-8-13-30)16-21(23(20)18-31)19-9-10-25(33-4)26(15-19)34-5/h9-10,15-16H,6-8,11-14,18H2,1-5H3. The number of fused-ring (bicyclic) bond motifs is 1. The second kappa shape index (κ2) is 10.1. The van der Waals surface area contributed by atoms with Crippen molar-refractivity contribution in [2.75, 3.05) is 38.8 Å². The molecule has 1 fully saturated rings. The highest BCUT2D eigenvalue weighted by molar-refractivity contribution is 5.81. The first-order valence-electron chi connectivity index (χ1n) is 12.3. The van der Waals surface area contributed by atoms with Crippen LogP contribution in [0.5, 0.6) is 11.5 Å². The molecule has 2 aliphatic rings. The van der Waals surface area contributed by atoms with Crippen LogP contribution in [0.25, 0.3) is 11.1 Å². The van der Waals surface area contributed by atoms with Crippen molar-refractivity contribution in [3.8, 4) is 28.7 Å². The number of benzene rings is 2. The third kappa shape index (κ3) is 5.17. The minimum atomic E-state index is -0.570. The molecule has 2 aromatic carbocycles. The van der Waals surface area contributed by atoms with Crippen molar-refractivity contribution in [3.05, 3.63) is 41.0 Å². The SMILES string of the molecule is COc1ccc(-c2cc(N3CCCCC3)c(C#N)c3c2CN(C(=O)OC(C)(C)C)CC3)cc1OC. The number of nitrogens with zero attached hydrogens (tertiary/aromatic N) is 3. The second-order valence-corrected chi connectivity index (χ2v) is 10.2. The van der Waals surface area contributed by atoms with Gasteiger partial charge in [-0.15, -0.1) is 0 Å². The predicted molar refractivity (Wildman–Crippen MR) is 136 cm³/mol. The van der Waals surface area contributed by atoms with Gasteiger partial charge in [-0.05, 0) is 86.9 Å². The smallest absolute Gasteiger partial charge is 0.410 e. The molecule has 1 saturated heterocycles. The number of carbonyl (C=O) groups excluding carboxylic acids is 1. The Morgan fingerprint density at radius 3 is 2.31 bits per heavy atom. The second-order valence-electron chi connectivity index (χ2n) is 10.2. The number of nitriles is 1. The quantitative estimate of drug-likeness (QED) is 0.577. The third-order valence-electron chi connectivity index (χ3n) is 6.66. The van der Waals surface area contributed by atoms with E-state index in [0.717, 1.165) is 59.4 Å². The number of hydrogen-bond donors (Lipinski definition) is 0. The fourth-order valence-electron chi connectivity index (χ4n) is 4.99. The summed E-state index contributed by atoms with van der Waals surface area (Å²) in [4.78, 5) is 17.0. The maximum Gasteiger partial charge on any atom is 0.410 e. The number of piperidine rings is 1. The lowest BCUT2D eigenvalue weighted by Crippen LogP contribution is -2.40. The normalized spacial score (nSPS) is 15.8. The largest absolute Gasteiger partial charge is 0.493 e. The Labute approximate surface area is 208 Å². The monoisotopic (exact) mass is 477 g/mol. The average Bonchev–Trinajstić information content (AvgIpc) is 2.86. The van der Waals surface area contributed by atoms with Gasteiger partial charge in [0.05, 0.1) is 25.5 Å². The van der Waals surface area contributed by atoms with Gasteiger partial charge >= 0.3 is 6.09 Å². The van der Waals surface area contributed by atoms with E-state index in [1.54, 1.807) is 19.1 Å². The van der Waals surface area contributed by atoms with Crippen molar-refractivity contribution in [1.29, 1.82) is 5.26 Å². The highest BCUT2D eigenvalue weighted by Gasteiger charge is 2.31. The van der Waals surface area contributed by atoms with Crippen LogP contribution in [-0.2, 0) is 17.7 Å². The van der Waals surface area contributed by atoms with Crippen LogP contribution in [0.3, 0.4) is 0 Å². The van der Waals surface area contributed by atoms with E-state index in [9.17, 15) is 10.1 Å². The molecule has 0 N–H and O–H groups in total. The molecule has 4 rings (SSSR count). The zero-order valence-electron chi connectivity index (χ0n) is 21.4. The van der Waals surface area contributed by atoms with Crippen molar-refractivity contribution in [2.45, 2.75) is 58.6 Å². The van der Waals surface area contributed by atoms with E-state index in [1.165, 1.54) is 6.42 Å². The number of anilines is 1. The van der Waals surface area contributed by atoms with Crippen LogP contribution in [0.1, 0.15) is 56.7 Å². The van der Waals surface area contributed by atoms with Crippen LogP contribution in [0.4, 0.5) is 10.5 Å². The third-order valence-corrected chi connectivity index (χ3v) is 6.66. The van der Waals surface area contributed by atoms with E-state index >= 15 is 0 Å². The average molecular weight is 478 g/mol. The summed E-state index contributed by atoms with van der Waals surface area (Å²) in [5.74, 6) is 1.30. The van der Waals surface area contributed by atoms with Crippen LogP contribution in [-0.4, -0.2) is 50.4 Å². The molecule has 0 atom stereocenters. The van der Waals surface area contributed by atoms with Crippen LogP contribution in [0.15, 0.2) is 24.3 Å². The van der Waals surface area contributed by atoms with Crippen LogP contribution < -0.4 is 14.4 Å². The Hall–Kier alpha value is -3.40. The summed E-state index contributed by atoms with van der Waals surface area (Å²) in [7, 11) is 3.24. The number of carbonyl (C=O) groups is 1. The number of rotatable bonds is 4. The van der Waals surface area contributed by atoms with Gasteiger partial charge in [-0.25, -0.2) is 4.79 Å².